The van der Waals surface area contributed by atoms with Crippen LogP contribution in [-0.2, 0) is 6.42 Å². The quantitative estimate of drug-likeness (QED) is 0.771. The van der Waals surface area contributed by atoms with E-state index in [1.165, 1.54) is 4.80 Å². The molecule has 0 spiro atoms. The molecule has 1 N–H and O–H groups in total. The van der Waals surface area contributed by atoms with Gasteiger partial charge in [0.25, 0.3) is 0 Å². The molecule has 0 aliphatic carbocycles. The highest BCUT2D eigenvalue weighted by Crippen LogP contribution is 2.23. The molecule has 5 heteroatoms. The summed E-state index contributed by atoms with van der Waals surface area (Å²) in [5, 5.41) is 27.5. The van der Waals surface area contributed by atoms with Crippen LogP contribution < -0.4 is 0 Å². The van der Waals surface area contributed by atoms with Crippen molar-refractivity contribution in [2.75, 3.05) is 0 Å². The summed E-state index contributed by atoms with van der Waals surface area (Å²) in [5.41, 5.74) is 3.49. The van der Waals surface area contributed by atoms with Crippen LogP contribution >= 0.6 is 0 Å². The van der Waals surface area contributed by atoms with Crippen molar-refractivity contribution < 1.29 is 5.11 Å². The lowest BCUT2D eigenvalue weighted by Crippen LogP contribution is -1.99. The summed E-state index contributed by atoms with van der Waals surface area (Å²) in [6.45, 7) is 2.04. The fourth-order valence-electron chi connectivity index (χ4n) is 2.04. The summed E-state index contributed by atoms with van der Waals surface area (Å²) in [6.07, 6.45) is 0.868. The van der Waals surface area contributed by atoms with E-state index in [1.807, 2.05) is 19.1 Å². The van der Waals surface area contributed by atoms with Gasteiger partial charge in [-0.25, -0.2) is 0 Å². The van der Waals surface area contributed by atoms with Gasteiger partial charge in [-0.1, -0.05) is 13.0 Å². The van der Waals surface area contributed by atoms with E-state index in [1.54, 1.807) is 24.3 Å². The second kappa shape index (κ2) is 4.67. The number of fused-ring (bicyclic) bond motifs is 1. The van der Waals surface area contributed by atoms with E-state index in [9.17, 15) is 5.11 Å². The van der Waals surface area contributed by atoms with Gasteiger partial charge >= 0.3 is 0 Å². The maximum Gasteiger partial charge on any atom is 0.143 e. The van der Waals surface area contributed by atoms with Gasteiger partial charge in [-0.2, -0.15) is 5.26 Å². The van der Waals surface area contributed by atoms with Crippen molar-refractivity contribution in [3.8, 4) is 17.5 Å². The van der Waals surface area contributed by atoms with Gasteiger partial charge in [0.2, 0.25) is 0 Å². The van der Waals surface area contributed by atoms with Crippen LogP contribution in [-0.4, -0.2) is 20.1 Å². The predicted octanol–water partition coefficient (Wildman–Crippen LogP) is 2.56. The van der Waals surface area contributed by atoms with Gasteiger partial charge in [-0.3, -0.25) is 0 Å². The van der Waals surface area contributed by atoms with Crippen molar-refractivity contribution in [1.82, 2.24) is 15.0 Å². The third-order valence-electron chi connectivity index (χ3n) is 3.17. The van der Waals surface area contributed by atoms with Gasteiger partial charge in [0, 0.05) is 0 Å². The number of aryl methyl sites for hydroxylation is 1. The number of aromatic hydroxyl groups is 1. The summed E-state index contributed by atoms with van der Waals surface area (Å²) in [6, 6.07) is 12.6. The molecular formula is C15H12N4O. The molecule has 0 bridgehead atoms. The Kier molecular flexibility index (Phi) is 2.84. The van der Waals surface area contributed by atoms with Crippen molar-refractivity contribution >= 4 is 11.0 Å². The molecule has 1 aromatic heterocycles. The number of aromatic nitrogens is 3. The summed E-state index contributed by atoms with van der Waals surface area (Å²) in [7, 11) is 0. The molecule has 20 heavy (non-hydrogen) atoms. The molecule has 0 saturated carbocycles. The fraction of sp³-hybridized carbons (Fsp3) is 0.133. The van der Waals surface area contributed by atoms with Gasteiger partial charge in [0.15, 0.2) is 0 Å². The van der Waals surface area contributed by atoms with Crippen molar-refractivity contribution in [2.45, 2.75) is 13.3 Å². The van der Waals surface area contributed by atoms with Crippen LogP contribution in [0.1, 0.15) is 18.1 Å². The Morgan fingerprint density at radius 3 is 2.70 bits per heavy atom. The zero-order chi connectivity index (χ0) is 14.1. The highest BCUT2D eigenvalue weighted by molar-refractivity contribution is 5.75. The molecule has 0 aliphatic rings. The van der Waals surface area contributed by atoms with Crippen LogP contribution in [0.15, 0.2) is 36.4 Å². The third kappa shape index (κ3) is 1.97. The molecule has 5 nitrogen and oxygen atoms in total. The minimum Gasteiger partial charge on any atom is -0.506 e. The summed E-state index contributed by atoms with van der Waals surface area (Å²) < 4.78 is 0. The Morgan fingerprint density at radius 1 is 1.15 bits per heavy atom. The molecule has 98 valence electrons. The number of nitrogens with zero attached hydrogens (tertiary/aromatic N) is 4. The summed E-state index contributed by atoms with van der Waals surface area (Å²) >= 11 is 0. The predicted molar refractivity (Wildman–Crippen MR) is 74.6 cm³/mol. The molecule has 0 unspecified atom stereocenters. The van der Waals surface area contributed by atoms with E-state index in [0.717, 1.165) is 12.0 Å². The van der Waals surface area contributed by atoms with Gasteiger partial charge in [-0.15, -0.1) is 15.0 Å². The number of benzene rings is 2. The van der Waals surface area contributed by atoms with Crippen LogP contribution in [0, 0.1) is 11.3 Å². The molecule has 0 atom stereocenters. The van der Waals surface area contributed by atoms with Crippen LogP contribution in [0.3, 0.4) is 0 Å². The third-order valence-corrected chi connectivity index (χ3v) is 3.17. The number of nitriles is 1. The smallest absolute Gasteiger partial charge is 0.143 e. The SMILES string of the molecule is CCc1ccc(O)c(-n2nc3ccc(C#N)cc3n2)c1. The van der Waals surface area contributed by atoms with Crippen LogP contribution in [0.5, 0.6) is 5.75 Å². The molecule has 3 aromatic rings. The number of hydrogen-bond donors (Lipinski definition) is 1. The lowest BCUT2D eigenvalue weighted by atomic mass is 10.1. The Morgan fingerprint density at radius 2 is 1.95 bits per heavy atom. The Balaban J connectivity index is 2.17. The summed E-state index contributed by atoms with van der Waals surface area (Å²) in [4.78, 5) is 1.40. The average molecular weight is 264 g/mol. The first-order valence-corrected chi connectivity index (χ1v) is 6.30. The van der Waals surface area contributed by atoms with Crippen molar-refractivity contribution in [1.29, 1.82) is 5.26 Å². The molecule has 0 radical (unpaired) electrons. The molecule has 0 aliphatic heterocycles. The van der Waals surface area contributed by atoms with E-state index < -0.39 is 0 Å². The molecule has 2 aromatic carbocycles. The first-order valence-electron chi connectivity index (χ1n) is 6.30. The largest absolute Gasteiger partial charge is 0.506 e. The normalized spacial score (nSPS) is 10.6. The molecule has 0 amide bonds. The average Bonchev–Trinajstić information content (AvgIpc) is 2.90. The van der Waals surface area contributed by atoms with E-state index in [2.05, 4.69) is 16.3 Å². The summed E-state index contributed by atoms with van der Waals surface area (Å²) in [5.74, 6) is 0.128. The molecule has 0 fully saturated rings. The van der Waals surface area contributed by atoms with Gasteiger partial charge in [-0.05, 0) is 42.3 Å². The topological polar surface area (TPSA) is 74.7 Å². The van der Waals surface area contributed by atoms with Crippen molar-refractivity contribution in [2.24, 2.45) is 0 Å². The number of rotatable bonds is 2. The Bertz CT molecular complexity index is 829. The van der Waals surface area contributed by atoms with Crippen LogP contribution in [0.4, 0.5) is 0 Å². The standard InChI is InChI=1S/C15H12N4O/c1-2-10-4-6-15(20)14(8-10)19-17-12-5-3-11(9-16)7-13(12)18-19/h3-8,20H,2H2,1H3. The lowest BCUT2D eigenvalue weighted by Gasteiger charge is -2.04. The second-order valence-electron chi connectivity index (χ2n) is 4.48. The highest BCUT2D eigenvalue weighted by Gasteiger charge is 2.10. The van der Waals surface area contributed by atoms with E-state index >= 15 is 0 Å². The number of hydrogen-bond acceptors (Lipinski definition) is 4. The molecular weight excluding hydrogens is 252 g/mol. The van der Waals surface area contributed by atoms with Crippen LogP contribution in [0.2, 0.25) is 0 Å². The highest BCUT2D eigenvalue weighted by atomic mass is 16.3. The van der Waals surface area contributed by atoms with E-state index in [0.29, 0.717) is 22.3 Å². The monoisotopic (exact) mass is 264 g/mol. The molecule has 1 heterocycles. The number of phenolic OH excluding ortho intramolecular Hbond substituents is 1. The number of phenols is 1. The van der Waals surface area contributed by atoms with Gasteiger partial charge in [0.1, 0.15) is 22.5 Å². The molecule has 0 saturated heterocycles. The van der Waals surface area contributed by atoms with Gasteiger partial charge < -0.3 is 5.11 Å². The molecule has 3 rings (SSSR count). The van der Waals surface area contributed by atoms with Crippen molar-refractivity contribution in [3.63, 3.8) is 0 Å². The Labute approximate surface area is 115 Å². The van der Waals surface area contributed by atoms with Crippen molar-refractivity contribution in [3.05, 3.63) is 47.5 Å². The lowest BCUT2D eigenvalue weighted by molar-refractivity contribution is 0.467. The van der Waals surface area contributed by atoms with E-state index in [4.69, 9.17) is 5.26 Å². The first-order chi connectivity index (χ1) is 9.71. The Hall–Kier alpha value is -2.87. The first kappa shape index (κ1) is 12.2. The van der Waals surface area contributed by atoms with E-state index in [-0.39, 0.29) is 5.75 Å². The fourth-order valence-corrected chi connectivity index (χ4v) is 2.04. The van der Waals surface area contributed by atoms with Crippen LogP contribution in [0.25, 0.3) is 16.7 Å². The minimum absolute atomic E-state index is 0.128. The zero-order valence-corrected chi connectivity index (χ0v) is 10.9. The minimum atomic E-state index is 0.128. The van der Waals surface area contributed by atoms with Gasteiger partial charge in [0.05, 0.1) is 11.6 Å². The maximum atomic E-state index is 9.96. The maximum absolute atomic E-state index is 9.96. The zero-order valence-electron chi connectivity index (χ0n) is 10.9. The second-order valence-corrected chi connectivity index (χ2v) is 4.48.